The predicted molar refractivity (Wildman–Crippen MR) is 165 cm³/mol. The third kappa shape index (κ3) is 5.70. The summed E-state index contributed by atoms with van der Waals surface area (Å²) in [6.07, 6.45) is 4.14. The predicted octanol–water partition coefficient (Wildman–Crippen LogP) is 7.36. The molecule has 0 N–H and O–H groups in total. The van der Waals surface area contributed by atoms with Crippen molar-refractivity contribution >= 4 is 37.5 Å². The van der Waals surface area contributed by atoms with E-state index in [0.717, 1.165) is 33.9 Å². The van der Waals surface area contributed by atoms with E-state index in [9.17, 15) is 4.79 Å². The number of fused-ring (bicyclic) bond motifs is 1. The first-order valence-electron chi connectivity index (χ1n) is 13.5. The molecule has 0 fully saturated rings. The van der Waals surface area contributed by atoms with E-state index in [0.29, 0.717) is 23.7 Å². The van der Waals surface area contributed by atoms with Crippen LogP contribution < -0.4 is 9.16 Å². The number of methoxy groups -OCH3 is 1. The second-order valence-electron chi connectivity index (χ2n) is 11.5. The van der Waals surface area contributed by atoms with Crippen LogP contribution in [0.3, 0.4) is 0 Å². The molecule has 0 aliphatic carbocycles. The van der Waals surface area contributed by atoms with Crippen molar-refractivity contribution < 1.29 is 14.0 Å². The minimum atomic E-state index is -2.02. The molecule has 7 heteroatoms. The molecule has 0 spiro atoms. The van der Waals surface area contributed by atoms with Gasteiger partial charge in [-0.1, -0.05) is 75.4 Å². The van der Waals surface area contributed by atoms with Gasteiger partial charge in [0, 0.05) is 18.2 Å². The molecule has 5 rings (SSSR count). The van der Waals surface area contributed by atoms with Crippen molar-refractivity contribution in [3.63, 3.8) is 0 Å². The third-order valence-corrected chi connectivity index (χ3v) is 12.0. The highest BCUT2D eigenvalue weighted by Crippen LogP contribution is 2.38. The lowest BCUT2D eigenvalue weighted by molar-refractivity contribution is -0.120. The number of amides is 1. The lowest BCUT2D eigenvalue weighted by Gasteiger charge is -2.36. The van der Waals surface area contributed by atoms with Crippen LogP contribution >= 0.6 is 0 Å². The molecular weight excluding hydrogens is 514 g/mol. The van der Waals surface area contributed by atoms with Crippen LogP contribution in [-0.2, 0) is 11.2 Å². The monoisotopic (exact) mass is 549 g/mol. The first kappa shape index (κ1) is 27.3. The van der Waals surface area contributed by atoms with Gasteiger partial charge in [-0.05, 0) is 59.6 Å². The van der Waals surface area contributed by atoms with Gasteiger partial charge in [-0.3, -0.25) is 9.69 Å². The molecule has 2 heterocycles. The Morgan fingerprint density at radius 1 is 0.900 bits per heavy atom. The number of rotatable bonds is 7. The Kier molecular flexibility index (Phi) is 7.34. The van der Waals surface area contributed by atoms with Gasteiger partial charge in [-0.15, -0.1) is 0 Å². The van der Waals surface area contributed by atoms with Crippen molar-refractivity contribution in [1.82, 2.24) is 4.90 Å². The van der Waals surface area contributed by atoms with Gasteiger partial charge in [0.2, 0.25) is 8.32 Å². The molecule has 3 aromatic rings. The maximum absolute atomic E-state index is 13.6. The summed E-state index contributed by atoms with van der Waals surface area (Å²) >= 11 is 0. The highest BCUT2D eigenvalue weighted by Gasteiger charge is 2.39. The molecule has 3 aromatic carbocycles. The summed E-state index contributed by atoms with van der Waals surface area (Å²) in [5.41, 5.74) is 4.67. The Labute approximate surface area is 237 Å². The highest BCUT2D eigenvalue weighted by molar-refractivity contribution is 6.74. The van der Waals surface area contributed by atoms with Crippen LogP contribution in [0.15, 0.2) is 101 Å². The molecule has 204 valence electrons. The topological polar surface area (TPSA) is 63.5 Å². The first-order chi connectivity index (χ1) is 19.0. The number of amidine groups is 1. The van der Waals surface area contributed by atoms with Crippen LogP contribution in [0.5, 0.6) is 11.5 Å². The second-order valence-corrected chi connectivity index (χ2v) is 16.3. The summed E-state index contributed by atoms with van der Waals surface area (Å²) in [4.78, 5) is 25.0. The van der Waals surface area contributed by atoms with E-state index >= 15 is 0 Å². The number of ether oxygens (including phenoxy) is 1. The maximum Gasteiger partial charge on any atom is 0.282 e. The van der Waals surface area contributed by atoms with E-state index in [1.807, 2.05) is 66.7 Å². The lowest BCUT2D eigenvalue weighted by Crippen LogP contribution is -2.43. The SMILES string of the molecule is COc1ccc(C=C2N=C3C(Cc4ccccc4)=NC(c4cccc(O[Si](C)(C)C(C)(C)C)c4)=CN3C2=O)cc1. The smallest absolute Gasteiger partial charge is 0.282 e. The summed E-state index contributed by atoms with van der Waals surface area (Å²) in [6.45, 7) is 11.1. The van der Waals surface area contributed by atoms with E-state index in [-0.39, 0.29) is 10.9 Å². The normalized spacial score (nSPS) is 16.4. The summed E-state index contributed by atoms with van der Waals surface area (Å²) in [5.74, 6) is 1.95. The first-order valence-corrected chi connectivity index (χ1v) is 16.4. The Balaban J connectivity index is 1.52. The van der Waals surface area contributed by atoms with Crippen LogP contribution in [0.25, 0.3) is 11.8 Å². The van der Waals surface area contributed by atoms with Crippen LogP contribution in [0.2, 0.25) is 18.1 Å². The fourth-order valence-electron chi connectivity index (χ4n) is 4.27. The van der Waals surface area contributed by atoms with E-state index < -0.39 is 8.32 Å². The van der Waals surface area contributed by atoms with Crippen molar-refractivity contribution in [2.75, 3.05) is 7.11 Å². The van der Waals surface area contributed by atoms with Gasteiger partial charge < -0.3 is 9.16 Å². The number of carbonyl (C=O) groups is 1. The van der Waals surface area contributed by atoms with E-state index in [1.165, 1.54) is 0 Å². The number of hydrogen-bond acceptors (Lipinski definition) is 5. The molecule has 1 amide bonds. The van der Waals surface area contributed by atoms with Crippen LogP contribution in [-0.4, -0.2) is 37.8 Å². The second kappa shape index (κ2) is 10.7. The van der Waals surface area contributed by atoms with Gasteiger partial charge in [0.1, 0.15) is 17.2 Å². The number of aliphatic imine (C=N–C) groups is 2. The molecule has 0 radical (unpaired) electrons. The zero-order valence-electron chi connectivity index (χ0n) is 23.9. The molecule has 2 aliphatic rings. The van der Waals surface area contributed by atoms with Gasteiger partial charge in [0.05, 0.1) is 18.5 Å². The summed E-state index contributed by atoms with van der Waals surface area (Å²) in [5, 5.41) is 0.0775. The zero-order chi connectivity index (χ0) is 28.5. The van der Waals surface area contributed by atoms with Gasteiger partial charge in [-0.2, -0.15) is 0 Å². The third-order valence-electron chi connectivity index (χ3n) is 7.60. The molecule has 0 atom stereocenters. The van der Waals surface area contributed by atoms with Gasteiger partial charge in [-0.25, -0.2) is 9.98 Å². The molecule has 40 heavy (non-hydrogen) atoms. The van der Waals surface area contributed by atoms with Gasteiger partial charge in [0.15, 0.2) is 5.84 Å². The molecule has 0 bridgehead atoms. The minimum absolute atomic E-state index is 0.0775. The van der Waals surface area contributed by atoms with Crippen LogP contribution in [0.1, 0.15) is 37.5 Å². The van der Waals surface area contributed by atoms with Crippen molar-refractivity contribution in [3.05, 3.63) is 107 Å². The van der Waals surface area contributed by atoms with E-state index in [2.05, 4.69) is 46.0 Å². The molecule has 0 saturated heterocycles. The fraction of sp³-hybridized carbons (Fsp3) is 0.242. The Morgan fingerprint density at radius 2 is 1.62 bits per heavy atom. The quantitative estimate of drug-likeness (QED) is 0.229. The molecule has 0 unspecified atom stereocenters. The summed E-state index contributed by atoms with van der Waals surface area (Å²) in [7, 11) is -0.392. The maximum atomic E-state index is 13.6. The average Bonchev–Trinajstić information content (AvgIpc) is 3.24. The summed E-state index contributed by atoms with van der Waals surface area (Å²) in [6, 6.07) is 25.7. The molecular formula is C33H35N3O3Si. The van der Waals surface area contributed by atoms with Crippen LogP contribution in [0, 0.1) is 0 Å². The minimum Gasteiger partial charge on any atom is -0.543 e. The van der Waals surface area contributed by atoms with Crippen molar-refractivity contribution in [1.29, 1.82) is 0 Å². The Bertz CT molecular complexity index is 1550. The van der Waals surface area contributed by atoms with E-state index in [4.69, 9.17) is 19.1 Å². The fourth-order valence-corrected chi connectivity index (χ4v) is 5.29. The number of benzene rings is 3. The number of hydrogen-bond donors (Lipinski definition) is 0. The van der Waals surface area contributed by atoms with Crippen molar-refractivity contribution in [3.8, 4) is 11.5 Å². The van der Waals surface area contributed by atoms with E-state index in [1.54, 1.807) is 24.3 Å². The highest BCUT2D eigenvalue weighted by atomic mass is 28.4. The molecule has 2 aliphatic heterocycles. The largest absolute Gasteiger partial charge is 0.543 e. The van der Waals surface area contributed by atoms with Crippen molar-refractivity contribution in [2.45, 2.75) is 45.3 Å². The summed E-state index contributed by atoms with van der Waals surface area (Å²) < 4.78 is 11.8. The Hall–Kier alpha value is -4.23. The standard InChI is InChI=1S/C33H35N3O3Si/c1-33(2,3)40(5,6)39-27-14-10-13-25(21-27)30-22-36-31(28(34-30)19-23-11-8-7-9-12-23)35-29(32(36)37)20-24-15-17-26(38-4)18-16-24/h7-18,20-22H,19H2,1-6H3. The Morgan fingerprint density at radius 3 is 2.30 bits per heavy atom. The van der Waals surface area contributed by atoms with Crippen molar-refractivity contribution in [2.24, 2.45) is 9.98 Å². The van der Waals surface area contributed by atoms with Crippen LogP contribution in [0.4, 0.5) is 0 Å². The van der Waals surface area contributed by atoms with Gasteiger partial charge >= 0.3 is 0 Å². The van der Waals surface area contributed by atoms with Gasteiger partial charge in [0.25, 0.3) is 5.91 Å². The average molecular weight is 550 g/mol. The molecule has 0 saturated carbocycles. The number of carbonyl (C=O) groups excluding carboxylic acids is 1. The lowest BCUT2D eigenvalue weighted by atomic mass is 10.0. The number of nitrogens with zero attached hydrogens (tertiary/aromatic N) is 3. The zero-order valence-corrected chi connectivity index (χ0v) is 24.9. The molecule has 0 aromatic heterocycles. The molecule has 6 nitrogen and oxygen atoms in total.